The second-order valence-electron chi connectivity index (χ2n) is 9.26. The summed E-state index contributed by atoms with van der Waals surface area (Å²) >= 11 is 0. The normalized spacial score (nSPS) is 15.8. The van der Waals surface area contributed by atoms with E-state index in [2.05, 4.69) is 47.9 Å². The number of nitrogens with zero attached hydrogens (tertiary/aromatic N) is 3. The van der Waals surface area contributed by atoms with Crippen LogP contribution < -0.4 is 4.90 Å². The first-order chi connectivity index (χ1) is 16.5. The fraction of sp³-hybridized carbons (Fsp3) is 0.379. The SMILES string of the molecule is CCN(Cc1ccccc1C)C1CCN(c2nccc(-c3ccccc3)c2C(=O)OC(C)C)C1. The number of carbonyl (C=O) groups excluding carboxylic acids is 1. The number of carbonyl (C=O) groups is 1. The van der Waals surface area contributed by atoms with Crippen molar-refractivity contribution in [3.05, 3.63) is 83.6 Å². The van der Waals surface area contributed by atoms with Gasteiger partial charge in [0.05, 0.1) is 6.10 Å². The molecule has 3 aromatic rings. The lowest BCUT2D eigenvalue weighted by Gasteiger charge is -2.29. The molecule has 1 aliphatic rings. The van der Waals surface area contributed by atoms with E-state index in [4.69, 9.17) is 9.72 Å². The highest BCUT2D eigenvalue weighted by atomic mass is 16.5. The molecule has 1 aliphatic heterocycles. The number of anilines is 1. The molecule has 0 aliphatic carbocycles. The molecule has 5 nitrogen and oxygen atoms in total. The third kappa shape index (κ3) is 5.31. The van der Waals surface area contributed by atoms with Gasteiger partial charge in [0.1, 0.15) is 11.4 Å². The highest BCUT2D eigenvalue weighted by Crippen LogP contribution is 2.33. The largest absolute Gasteiger partial charge is 0.459 e. The molecule has 2 heterocycles. The Bertz CT molecular complexity index is 1110. The van der Waals surface area contributed by atoms with E-state index in [9.17, 15) is 4.79 Å². The van der Waals surface area contributed by atoms with Crippen molar-refractivity contribution in [3.8, 4) is 11.1 Å². The fourth-order valence-electron chi connectivity index (χ4n) is 4.76. The number of rotatable bonds is 8. The Morgan fingerprint density at radius 3 is 2.56 bits per heavy atom. The minimum Gasteiger partial charge on any atom is -0.459 e. The van der Waals surface area contributed by atoms with Crippen molar-refractivity contribution in [2.75, 3.05) is 24.5 Å². The van der Waals surface area contributed by atoms with E-state index in [-0.39, 0.29) is 12.1 Å². The summed E-state index contributed by atoms with van der Waals surface area (Å²) in [6.07, 6.45) is 2.65. The Hall–Kier alpha value is -3.18. The Morgan fingerprint density at radius 2 is 1.85 bits per heavy atom. The van der Waals surface area contributed by atoms with Gasteiger partial charge >= 0.3 is 5.97 Å². The van der Waals surface area contributed by atoms with Gasteiger partial charge in [-0.05, 0) is 56.5 Å². The molecular formula is C29H35N3O2. The molecule has 1 saturated heterocycles. The van der Waals surface area contributed by atoms with E-state index >= 15 is 0 Å². The van der Waals surface area contributed by atoms with Gasteiger partial charge in [0, 0.05) is 37.4 Å². The van der Waals surface area contributed by atoms with Crippen LogP contribution in [-0.4, -0.2) is 47.6 Å². The summed E-state index contributed by atoms with van der Waals surface area (Å²) in [5, 5.41) is 0. The second kappa shape index (κ2) is 10.8. The van der Waals surface area contributed by atoms with Crippen molar-refractivity contribution in [1.82, 2.24) is 9.88 Å². The Morgan fingerprint density at radius 1 is 1.12 bits per heavy atom. The predicted octanol–water partition coefficient (Wildman–Crippen LogP) is 5.72. The molecular weight excluding hydrogens is 422 g/mol. The number of esters is 1. The molecule has 0 saturated carbocycles. The summed E-state index contributed by atoms with van der Waals surface area (Å²) in [6.45, 7) is 11.8. The van der Waals surface area contributed by atoms with E-state index in [1.165, 1.54) is 11.1 Å². The van der Waals surface area contributed by atoms with Gasteiger partial charge in [-0.15, -0.1) is 0 Å². The quantitative estimate of drug-likeness (QED) is 0.405. The smallest absolute Gasteiger partial charge is 0.342 e. The topological polar surface area (TPSA) is 45.7 Å². The zero-order chi connectivity index (χ0) is 24.1. The first-order valence-corrected chi connectivity index (χ1v) is 12.3. The predicted molar refractivity (Wildman–Crippen MR) is 138 cm³/mol. The summed E-state index contributed by atoms with van der Waals surface area (Å²) in [7, 11) is 0. The van der Waals surface area contributed by atoms with E-state index in [1.807, 2.05) is 56.4 Å². The van der Waals surface area contributed by atoms with E-state index in [0.29, 0.717) is 11.6 Å². The molecule has 5 heteroatoms. The first-order valence-electron chi connectivity index (χ1n) is 12.3. The van der Waals surface area contributed by atoms with Crippen molar-refractivity contribution < 1.29 is 9.53 Å². The van der Waals surface area contributed by atoms with Crippen LogP contribution in [0.1, 0.15) is 48.7 Å². The average Bonchev–Trinajstić information content (AvgIpc) is 3.33. The molecule has 0 bridgehead atoms. The zero-order valence-electron chi connectivity index (χ0n) is 20.7. The van der Waals surface area contributed by atoms with Gasteiger partial charge in [-0.25, -0.2) is 9.78 Å². The van der Waals surface area contributed by atoms with Gasteiger partial charge in [0.15, 0.2) is 0 Å². The van der Waals surface area contributed by atoms with Crippen LogP contribution in [0.15, 0.2) is 66.9 Å². The van der Waals surface area contributed by atoms with Gasteiger partial charge < -0.3 is 9.64 Å². The maximum Gasteiger partial charge on any atom is 0.342 e. The number of likely N-dealkylation sites (N-methyl/N-ethyl adjacent to an activating group) is 1. The number of pyridine rings is 1. The summed E-state index contributed by atoms with van der Waals surface area (Å²) in [6, 6.07) is 20.9. The van der Waals surface area contributed by atoms with E-state index < -0.39 is 0 Å². The molecule has 0 radical (unpaired) electrons. The number of ether oxygens (including phenoxy) is 1. The highest BCUT2D eigenvalue weighted by Gasteiger charge is 2.32. The summed E-state index contributed by atoms with van der Waals surface area (Å²) < 4.78 is 5.67. The Labute approximate surface area is 203 Å². The van der Waals surface area contributed by atoms with Gasteiger partial charge in [-0.3, -0.25) is 4.90 Å². The number of hydrogen-bond donors (Lipinski definition) is 0. The molecule has 0 amide bonds. The third-order valence-corrected chi connectivity index (χ3v) is 6.58. The van der Waals surface area contributed by atoms with Crippen molar-refractivity contribution in [1.29, 1.82) is 0 Å². The van der Waals surface area contributed by atoms with Gasteiger partial charge in [0.25, 0.3) is 0 Å². The monoisotopic (exact) mass is 457 g/mol. The fourth-order valence-corrected chi connectivity index (χ4v) is 4.76. The van der Waals surface area contributed by atoms with Gasteiger partial charge in [-0.1, -0.05) is 61.5 Å². The third-order valence-electron chi connectivity index (χ3n) is 6.58. The van der Waals surface area contributed by atoms with Crippen LogP contribution in [0.2, 0.25) is 0 Å². The Kier molecular flexibility index (Phi) is 7.63. The molecule has 4 rings (SSSR count). The van der Waals surface area contributed by atoms with Crippen molar-refractivity contribution in [2.24, 2.45) is 0 Å². The van der Waals surface area contributed by atoms with Crippen LogP contribution in [0.5, 0.6) is 0 Å². The van der Waals surface area contributed by atoms with Crippen LogP contribution in [0.25, 0.3) is 11.1 Å². The summed E-state index contributed by atoms with van der Waals surface area (Å²) in [5.41, 5.74) is 5.12. The average molecular weight is 458 g/mol. The van der Waals surface area contributed by atoms with Crippen LogP contribution in [0.4, 0.5) is 5.82 Å². The van der Waals surface area contributed by atoms with Crippen LogP contribution >= 0.6 is 0 Å². The molecule has 1 fully saturated rings. The van der Waals surface area contributed by atoms with Crippen LogP contribution in [0.3, 0.4) is 0 Å². The molecule has 2 aromatic carbocycles. The van der Waals surface area contributed by atoms with Crippen LogP contribution in [-0.2, 0) is 11.3 Å². The highest BCUT2D eigenvalue weighted by molar-refractivity contribution is 6.02. The molecule has 34 heavy (non-hydrogen) atoms. The number of hydrogen-bond acceptors (Lipinski definition) is 5. The second-order valence-corrected chi connectivity index (χ2v) is 9.26. The molecule has 1 atom stereocenters. The maximum atomic E-state index is 13.3. The van der Waals surface area contributed by atoms with Crippen molar-refractivity contribution >= 4 is 11.8 Å². The number of aryl methyl sites for hydroxylation is 1. The summed E-state index contributed by atoms with van der Waals surface area (Å²) in [4.78, 5) is 22.8. The number of aromatic nitrogens is 1. The molecule has 178 valence electrons. The maximum absolute atomic E-state index is 13.3. The number of benzene rings is 2. The van der Waals surface area contributed by atoms with Gasteiger partial charge in [0.2, 0.25) is 0 Å². The summed E-state index contributed by atoms with van der Waals surface area (Å²) in [5.74, 6) is 0.411. The van der Waals surface area contributed by atoms with Crippen LogP contribution in [0, 0.1) is 6.92 Å². The lowest BCUT2D eigenvalue weighted by atomic mass is 10.0. The minimum atomic E-state index is -0.312. The Balaban J connectivity index is 1.63. The lowest BCUT2D eigenvalue weighted by Crippen LogP contribution is -2.37. The molecule has 1 aromatic heterocycles. The molecule has 0 N–H and O–H groups in total. The minimum absolute atomic E-state index is 0.194. The molecule has 1 unspecified atom stereocenters. The lowest BCUT2D eigenvalue weighted by molar-refractivity contribution is 0.0379. The standard InChI is InChI=1S/C29H35N3O2/c1-5-31(19-24-14-10-9-11-22(24)4)25-16-18-32(20-25)28-27(29(33)34-21(2)3)26(15-17-30-28)23-12-7-6-8-13-23/h6-15,17,21,25H,5,16,18-20H2,1-4H3. The first kappa shape index (κ1) is 24.0. The van der Waals surface area contributed by atoms with E-state index in [0.717, 1.165) is 49.5 Å². The van der Waals surface area contributed by atoms with Gasteiger partial charge in [-0.2, -0.15) is 0 Å². The van der Waals surface area contributed by atoms with Crippen molar-refractivity contribution in [2.45, 2.75) is 52.8 Å². The van der Waals surface area contributed by atoms with Crippen molar-refractivity contribution in [3.63, 3.8) is 0 Å². The molecule has 0 spiro atoms. The zero-order valence-corrected chi connectivity index (χ0v) is 20.7. The van der Waals surface area contributed by atoms with E-state index in [1.54, 1.807) is 0 Å².